The molecule has 1 heterocycles. The number of carboxylic acids is 1. The summed E-state index contributed by atoms with van der Waals surface area (Å²) in [5, 5.41) is 9.38. The molecule has 0 aliphatic heterocycles. The van der Waals surface area contributed by atoms with Crippen molar-refractivity contribution in [3.05, 3.63) is 23.9 Å². The first-order valence-electron chi connectivity index (χ1n) is 6.49. The van der Waals surface area contributed by atoms with Gasteiger partial charge in [0.2, 0.25) is 0 Å². The monoisotopic (exact) mass is 296 g/mol. The molecule has 1 N–H and O–H groups in total. The number of thioether (sulfide) groups is 1. The Kier molecular flexibility index (Phi) is 6.51. The summed E-state index contributed by atoms with van der Waals surface area (Å²) in [7, 11) is 0. The van der Waals surface area contributed by atoms with Crippen LogP contribution in [0.15, 0.2) is 23.4 Å². The molecule has 0 atom stereocenters. The van der Waals surface area contributed by atoms with Gasteiger partial charge in [0.15, 0.2) is 0 Å². The maximum Gasteiger partial charge on any atom is 0.303 e. The molecule has 0 radical (unpaired) electrons. The SMILES string of the molecule is CSc1ncccc1C(=O)N(CCCC(=O)O)C(C)C. The third kappa shape index (κ3) is 4.52. The second-order valence-corrected chi connectivity index (χ2v) is 5.44. The van der Waals surface area contributed by atoms with Crippen LogP contribution in [0.1, 0.15) is 37.0 Å². The first-order chi connectivity index (χ1) is 9.47. The van der Waals surface area contributed by atoms with Crippen molar-refractivity contribution in [3.8, 4) is 0 Å². The average molecular weight is 296 g/mol. The van der Waals surface area contributed by atoms with Gasteiger partial charge in [0.05, 0.1) is 5.56 Å². The molecule has 5 nitrogen and oxygen atoms in total. The van der Waals surface area contributed by atoms with Gasteiger partial charge in [0.25, 0.3) is 5.91 Å². The molecule has 20 heavy (non-hydrogen) atoms. The Hall–Kier alpha value is -1.56. The van der Waals surface area contributed by atoms with Gasteiger partial charge in [-0.2, -0.15) is 0 Å². The van der Waals surface area contributed by atoms with Crippen molar-refractivity contribution in [1.29, 1.82) is 0 Å². The fourth-order valence-electron chi connectivity index (χ4n) is 1.87. The summed E-state index contributed by atoms with van der Waals surface area (Å²) in [6, 6.07) is 3.52. The summed E-state index contributed by atoms with van der Waals surface area (Å²) in [6.45, 7) is 4.28. The van der Waals surface area contributed by atoms with Gasteiger partial charge in [-0.05, 0) is 38.7 Å². The molecule has 0 saturated carbocycles. The van der Waals surface area contributed by atoms with Crippen molar-refractivity contribution in [2.24, 2.45) is 0 Å². The first-order valence-corrected chi connectivity index (χ1v) is 7.71. The molecule has 0 unspecified atom stereocenters. The molecule has 1 amide bonds. The zero-order chi connectivity index (χ0) is 15.1. The molecule has 1 aromatic heterocycles. The van der Waals surface area contributed by atoms with E-state index >= 15 is 0 Å². The van der Waals surface area contributed by atoms with Crippen LogP contribution >= 0.6 is 11.8 Å². The van der Waals surface area contributed by atoms with Crippen LogP contribution < -0.4 is 0 Å². The van der Waals surface area contributed by atoms with Crippen molar-refractivity contribution in [2.75, 3.05) is 12.8 Å². The summed E-state index contributed by atoms with van der Waals surface area (Å²) in [5.74, 6) is -0.935. The minimum Gasteiger partial charge on any atom is -0.481 e. The number of rotatable bonds is 7. The maximum atomic E-state index is 12.6. The van der Waals surface area contributed by atoms with E-state index in [1.807, 2.05) is 20.1 Å². The number of pyridine rings is 1. The van der Waals surface area contributed by atoms with E-state index in [1.165, 1.54) is 11.8 Å². The number of amides is 1. The Labute approximate surface area is 123 Å². The van der Waals surface area contributed by atoms with E-state index in [1.54, 1.807) is 23.2 Å². The maximum absolute atomic E-state index is 12.6. The van der Waals surface area contributed by atoms with E-state index in [0.29, 0.717) is 23.6 Å². The molecule has 0 aliphatic carbocycles. The lowest BCUT2D eigenvalue weighted by atomic mass is 10.2. The topological polar surface area (TPSA) is 70.5 Å². The highest BCUT2D eigenvalue weighted by Crippen LogP contribution is 2.20. The third-order valence-electron chi connectivity index (χ3n) is 2.87. The van der Waals surface area contributed by atoms with Crippen LogP contribution in [0.2, 0.25) is 0 Å². The molecule has 0 saturated heterocycles. The minimum atomic E-state index is -0.840. The van der Waals surface area contributed by atoms with Gasteiger partial charge >= 0.3 is 5.97 Å². The molecule has 0 spiro atoms. The minimum absolute atomic E-state index is 0.0196. The predicted octanol–water partition coefficient (Wildman–Crippen LogP) is 2.52. The van der Waals surface area contributed by atoms with Crippen molar-refractivity contribution in [3.63, 3.8) is 0 Å². The fraction of sp³-hybridized carbons (Fsp3) is 0.500. The molecule has 6 heteroatoms. The van der Waals surface area contributed by atoms with Gasteiger partial charge in [-0.15, -0.1) is 11.8 Å². The van der Waals surface area contributed by atoms with Gasteiger partial charge in [-0.25, -0.2) is 4.98 Å². The lowest BCUT2D eigenvalue weighted by Gasteiger charge is -2.27. The van der Waals surface area contributed by atoms with Crippen LogP contribution in [-0.2, 0) is 4.79 Å². The Morgan fingerprint density at radius 3 is 2.70 bits per heavy atom. The number of aromatic nitrogens is 1. The predicted molar refractivity (Wildman–Crippen MR) is 79.1 cm³/mol. The molecule has 0 aromatic carbocycles. The highest BCUT2D eigenvalue weighted by Gasteiger charge is 2.21. The van der Waals surface area contributed by atoms with Gasteiger partial charge in [0.1, 0.15) is 5.03 Å². The number of carboxylic acid groups (broad SMARTS) is 1. The molecular weight excluding hydrogens is 276 g/mol. The van der Waals surface area contributed by atoms with E-state index in [4.69, 9.17) is 5.11 Å². The normalized spacial score (nSPS) is 10.6. The van der Waals surface area contributed by atoms with Crippen molar-refractivity contribution in [1.82, 2.24) is 9.88 Å². The molecule has 110 valence electrons. The summed E-state index contributed by atoms with van der Waals surface area (Å²) in [4.78, 5) is 29.0. The Morgan fingerprint density at radius 1 is 1.45 bits per heavy atom. The van der Waals surface area contributed by atoms with Crippen molar-refractivity contribution < 1.29 is 14.7 Å². The Balaban J connectivity index is 2.85. The van der Waals surface area contributed by atoms with E-state index in [-0.39, 0.29) is 18.4 Å². The second kappa shape index (κ2) is 7.89. The van der Waals surface area contributed by atoms with Crippen LogP contribution in [0.5, 0.6) is 0 Å². The molecule has 1 rings (SSSR count). The number of carbonyl (C=O) groups excluding carboxylic acids is 1. The Morgan fingerprint density at radius 2 is 2.15 bits per heavy atom. The lowest BCUT2D eigenvalue weighted by Crippen LogP contribution is -2.38. The molecule has 0 bridgehead atoms. The quantitative estimate of drug-likeness (QED) is 0.783. The number of hydrogen-bond acceptors (Lipinski definition) is 4. The average Bonchev–Trinajstić information content (AvgIpc) is 2.42. The highest BCUT2D eigenvalue weighted by molar-refractivity contribution is 7.98. The van der Waals surface area contributed by atoms with E-state index in [9.17, 15) is 9.59 Å². The van der Waals surface area contributed by atoms with Gasteiger partial charge < -0.3 is 10.0 Å². The summed E-state index contributed by atoms with van der Waals surface area (Å²) in [6.07, 6.45) is 4.06. The van der Waals surface area contributed by atoms with Gasteiger partial charge in [-0.1, -0.05) is 0 Å². The third-order valence-corrected chi connectivity index (χ3v) is 3.58. The fourth-order valence-corrected chi connectivity index (χ4v) is 2.41. The number of hydrogen-bond donors (Lipinski definition) is 1. The summed E-state index contributed by atoms with van der Waals surface area (Å²) in [5.41, 5.74) is 0.573. The largest absolute Gasteiger partial charge is 0.481 e. The van der Waals surface area contributed by atoms with Crippen LogP contribution in [-0.4, -0.2) is 45.7 Å². The zero-order valence-electron chi connectivity index (χ0n) is 12.0. The first kappa shape index (κ1) is 16.5. The highest BCUT2D eigenvalue weighted by atomic mass is 32.2. The van der Waals surface area contributed by atoms with Crippen LogP contribution in [0.4, 0.5) is 0 Å². The van der Waals surface area contributed by atoms with E-state index in [0.717, 1.165) is 0 Å². The van der Waals surface area contributed by atoms with E-state index < -0.39 is 5.97 Å². The standard InChI is InChI=1S/C14H20N2O3S/c1-10(2)16(9-5-7-12(17)18)14(19)11-6-4-8-15-13(11)20-3/h4,6,8,10H,5,7,9H2,1-3H3,(H,17,18). The second-order valence-electron chi connectivity index (χ2n) is 4.65. The smallest absolute Gasteiger partial charge is 0.303 e. The van der Waals surface area contributed by atoms with Crippen LogP contribution in [0.3, 0.4) is 0 Å². The molecule has 0 fully saturated rings. The van der Waals surface area contributed by atoms with Crippen LogP contribution in [0.25, 0.3) is 0 Å². The molecule has 0 aliphatic rings. The number of carbonyl (C=O) groups is 2. The van der Waals surface area contributed by atoms with E-state index in [2.05, 4.69) is 4.98 Å². The number of nitrogens with zero attached hydrogens (tertiary/aromatic N) is 2. The van der Waals surface area contributed by atoms with Crippen molar-refractivity contribution >= 4 is 23.6 Å². The number of aliphatic carboxylic acids is 1. The van der Waals surface area contributed by atoms with Crippen LogP contribution in [0, 0.1) is 0 Å². The lowest BCUT2D eigenvalue weighted by molar-refractivity contribution is -0.137. The van der Waals surface area contributed by atoms with Crippen molar-refractivity contribution in [2.45, 2.75) is 37.8 Å². The van der Waals surface area contributed by atoms with Gasteiger partial charge in [0, 0.05) is 25.2 Å². The summed E-state index contributed by atoms with van der Waals surface area (Å²) < 4.78 is 0. The zero-order valence-corrected chi connectivity index (χ0v) is 12.8. The summed E-state index contributed by atoms with van der Waals surface area (Å²) >= 11 is 1.43. The van der Waals surface area contributed by atoms with Gasteiger partial charge in [-0.3, -0.25) is 9.59 Å². The Bertz CT molecular complexity index is 477. The molecule has 1 aromatic rings. The molecular formula is C14H20N2O3S.